The average Bonchev–Trinajstić information content (AvgIpc) is 3.04. The summed E-state index contributed by atoms with van der Waals surface area (Å²) >= 11 is 0. The summed E-state index contributed by atoms with van der Waals surface area (Å²) in [6.45, 7) is 7.84. The van der Waals surface area contributed by atoms with Crippen LogP contribution in [0.4, 0.5) is 0 Å². The Kier molecular flexibility index (Phi) is 6.76. The molecule has 0 amide bonds. The van der Waals surface area contributed by atoms with E-state index in [-0.39, 0.29) is 0 Å². The third kappa shape index (κ3) is 4.57. The molecule has 0 saturated heterocycles. The molecule has 1 nitrogen and oxygen atoms in total. The fourth-order valence-corrected chi connectivity index (χ4v) is 3.83. The van der Waals surface area contributed by atoms with Crippen LogP contribution in [0.25, 0.3) is 0 Å². The van der Waals surface area contributed by atoms with Crippen molar-refractivity contribution in [1.82, 2.24) is 5.32 Å². The predicted octanol–water partition coefficient (Wildman–Crippen LogP) is 5.43. The van der Waals surface area contributed by atoms with Gasteiger partial charge in [-0.3, -0.25) is 0 Å². The van der Waals surface area contributed by atoms with Gasteiger partial charge in [0.2, 0.25) is 0 Å². The maximum absolute atomic E-state index is 3.75. The quantitative estimate of drug-likeness (QED) is 0.672. The van der Waals surface area contributed by atoms with E-state index in [1.54, 1.807) is 5.56 Å². The van der Waals surface area contributed by atoms with Crippen LogP contribution in [0, 0.1) is 5.92 Å². The Bertz CT molecular complexity index is 418. The van der Waals surface area contributed by atoms with Crippen LogP contribution in [0.5, 0.6) is 0 Å². The molecule has 1 saturated carbocycles. The number of benzene rings is 1. The van der Waals surface area contributed by atoms with Gasteiger partial charge in [0.15, 0.2) is 0 Å². The molecule has 1 aromatic rings. The summed E-state index contributed by atoms with van der Waals surface area (Å²) in [4.78, 5) is 0. The lowest BCUT2D eigenvalue weighted by Gasteiger charge is -2.23. The SMILES string of the molecule is CCNC(CCC1CCCC1)c1cc(CC)ccc1CC. The van der Waals surface area contributed by atoms with E-state index in [1.165, 1.54) is 49.7 Å². The fraction of sp³-hybridized carbons (Fsp3) is 0.700. The number of hydrogen-bond acceptors (Lipinski definition) is 1. The van der Waals surface area contributed by atoms with Crippen LogP contribution in [0.3, 0.4) is 0 Å². The molecule has 0 bridgehead atoms. The number of rotatable bonds is 8. The van der Waals surface area contributed by atoms with Crippen molar-refractivity contribution in [2.75, 3.05) is 6.54 Å². The van der Waals surface area contributed by atoms with E-state index >= 15 is 0 Å². The van der Waals surface area contributed by atoms with Crippen molar-refractivity contribution in [3.63, 3.8) is 0 Å². The second-order valence-corrected chi connectivity index (χ2v) is 6.58. The highest BCUT2D eigenvalue weighted by molar-refractivity contribution is 5.34. The fourth-order valence-electron chi connectivity index (χ4n) is 3.83. The maximum Gasteiger partial charge on any atom is 0.0323 e. The monoisotopic (exact) mass is 287 g/mol. The summed E-state index contributed by atoms with van der Waals surface area (Å²) in [5, 5.41) is 3.75. The van der Waals surface area contributed by atoms with E-state index in [0.29, 0.717) is 6.04 Å². The van der Waals surface area contributed by atoms with Gasteiger partial charge < -0.3 is 5.32 Å². The zero-order valence-electron chi connectivity index (χ0n) is 14.3. The molecule has 1 aliphatic carbocycles. The van der Waals surface area contributed by atoms with E-state index in [1.807, 2.05) is 0 Å². The van der Waals surface area contributed by atoms with Crippen LogP contribution in [0.15, 0.2) is 18.2 Å². The highest BCUT2D eigenvalue weighted by Gasteiger charge is 2.19. The number of aryl methyl sites for hydroxylation is 2. The van der Waals surface area contributed by atoms with E-state index in [0.717, 1.165) is 25.3 Å². The zero-order valence-corrected chi connectivity index (χ0v) is 14.3. The van der Waals surface area contributed by atoms with Crippen molar-refractivity contribution in [2.24, 2.45) is 5.92 Å². The molecule has 1 aromatic carbocycles. The Morgan fingerprint density at radius 2 is 1.86 bits per heavy atom. The molecular formula is C20H33N. The van der Waals surface area contributed by atoms with Gasteiger partial charge in [0.1, 0.15) is 0 Å². The van der Waals surface area contributed by atoms with Crippen LogP contribution in [0.2, 0.25) is 0 Å². The molecule has 0 aromatic heterocycles. The molecular weight excluding hydrogens is 254 g/mol. The molecule has 0 aliphatic heterocycles. The lowest BCUT2D eigenvalue weighted by atomic mass is 9.90. The standard InChI is InChI=1S/C20H33N/c1-4-16-11-13-18(5-2)19(15-16)20(21-6-3)14-12-17-9-7-8-10-17/h11,13,15,17,20-21H,4-10,12,14H2,1-3H3. The average molecular weight is 287 g/mol. The lowest BCUT2D eigenvalue weighted by Crippen LogP contribution is -2.23. The second kappa shape index (κ2) is 8.58. The lowest BCUT2D eigenvalue weighted by molar-refractivity contribution is 0.415. The topological polar surface area (TPSA) is 12.0 Å². The minimum absolute atomic E-state index is 0.553. The maximum atomic E-state index is 3.75. The molecule has 1 aliphatic rings. The van der Waals surface area contributed by atoms with E-state index < -0.39 is 0 Å². The first-order valence-electron chi connectivity index (χ1n) is 9.13. The first kappa shape index (κ1) is 16.5. The molecule has 0 radical (unpaired) electrons. The van der Waals surface area contributed by atoms with Crippen LogP contribution >= 0.6 is 0 Å². The normalized spacial score (nSPS) is 17.3. The van der Waals surface area contributed by atoms with E-state index in [2.05, 4.69) is 44.3 Å². The van der Waals surface area contributed by atoms with Crippen molar-refractivity contribution in [2.45, 2.75) is 78.2 Å². The summed E-state index contributed by atoms with van der Waals surface area (Å²) < 4.78 is 0. The van der Waals surface area contributed by atoms with Crippen molar-refractivity contribution in [3.8, 4) is 0 Å². The molecule has 0 spiro atoms. The highest BCUT2D eigenvalue weighted by Crippen LogP contribution is 2.32. The largest absolute Gasteiger partial charge is 0.310 e. The molecule has 1 fully saturated rings. The summed E-state index contributed by atoms with van der Waals surface area (Å²) in [5.41, 5.74) is 4.58. The Balaban J connectivity index is 2.11. The van der Waals surface area contributed by atoms with Gasteiger partial charge in [-0.2, -0.15) is 0 Å². The smallest absolute Gasteiger partial charge is 0.0323 e. The Labute approximate surface area is 131 Å². The van der Waals surface area contributed by atoms with Crippen molar-refractivity contribution >= 4 is 0 Å². The minimum Gasteiger partial charge on any atom is -0.310 e. The van der Waals surface area contributed by atoms with Crippen molar-refractivity contribution < 1.29 is 0 Å². The summed E-state index contributed by atoms with van der Waals surface area (Å²) in [6, 6.07) is 7.68. The number of hydrogen-bond donors (Lipinski definition) is 1. The van der Waals surface area contributed by atoms with Crippen LogP contribution < -0.4 is 5.32 Å². The van der Waals surface area contributed by atoms with Gasteiger partial charge in [-0.25, -0.2) is 0 Å². The van der Waals surface area contributed by atoms with E-state index in [9.17, 15) is 0 Å². The molecule has 1 atom stereocenters. The van der Waals surface area contributed by atoms with Gasteiger partial charge >= 0.3 is 0 Å². The Morgan fingerprint density at radius 1 is 1.10 bits per heavy atom. The van der Waals surface area contributed by atoms with Crippen molar-refractivity contribution in [1.29, 1.82) is 0 Å². The Hall–Kier alpha value is -0.820. The Morgan fingerprint density at radius 3 is 2.48 bits per heavy atom. The van der Waals surface area contributed by atoms with Gasteiger partial charge in [0.25, 0.3) is 0 Å². The third-order valence-electron chi connectivity index (χ3n) is 5.16. The van der Waals surface area contributed by atoms with Crippen molar-refractivity contribution in [3.05, 3.63) is 34.9 Å². The molecule has 1 unspecified atom stereocenters. The van der Waals surface area contributed by atoms with Gasteiger partial charge in [-0.1, -0.05) is 64.7 Å². The molecule has 21 heavy (non-hydrogen) atoms. The molecule has 2 rings (SSSR count). The van der Waals surface area contributed by atoms with Gasteiger partial charge in [0, 0.05) is 6.04 Å². The zero-order chi connectivity index (χ0) is 15.1. The molecule has 1 N–H and O–H groups in total. The third-order valence-corrected chi connectivity index (χ3v) is 5.16. The van der Waals surface area contributed by atoms with Gasteiger partial charge in [0.05, 0.1) is 0 Å². The van der Waals surface area contributed by atoms with Gasteiger partial charge in [-0.15, -0.1) is 0 Å². The minimum atomic E-state index is 0.553. The molecule has 1 heteroatoms. The predicted molar refractivity (Wildman–Crippen MR) is 92.8 cm³/mol. The summed E-state index contributed by atoms with van der Waals surface area (Å²) in [7, 11) is 0. The van der Waals surface area contributed by atoms with Crippen LogP contribution in [-0.2, 0) is 12.8 Å². The second-order valence-electron chi connectivity index (χ2n) is 6.58. The molecule has 118 valence electrons. The van der Waals surface area contributed by atoms with Crippen LogP contribution in [-0.4, -0.2) is 6.54 Å². The summed E-state index contributed by atoms with van der Waals surface area (Å²) in [6.07, 6.45) is 10.8. The van der Waals surface area contributed by atoms with E-state index in [4.69, 9.17) is 0 Å². The van der Waals surface area contributed by atoms with Crippen LogP contribution in [0.1, 0.15) is 82.0 Å². The highest BCUT2D eigenvalue weighted by atomic mass is 14.9. The molecule has 0 heterocycles. The van der Waals surface area contributed by atoms with Gasteiger partial charge in [-0.05, 0) is 54.8 Å². The first-order valence-corrected chi connectivity index (χ1v) is 9.13. The summed E-state index contributed by atoms with van der Waals surface area (Å²) in [5.74, 6) is 0.991. The number of nitrogens with one attached hydrogen (secondary N) is 1. The first-order chi connectivity index (χ1) is 10.3.